The van der Waals surface area contributed by atoms with E-state index in [4.69, 9.17) is 0 Å². The van der Waals surface area contributed by atoms with Crippen LogP contribution in [-0.4, -0.2) is 19.6 Å². The third kappa shape index (κ3) is 9.00. The number of rotatable bonds is 10. The maximum Gasteiger partial charge on any atom is 0.0206 e. The lowest BCUT2D eigenvalue weighted by Crippen LogP contribution is -2.27. The van der Waals surface area contributed by atoms with Gasteiger partial charge in [-0.3, -0.25) is 0 Å². The molecule has 102 valence electrons. The molecule has 1 rings (SSSR count). The summed E-state index contributed by atoms with van der Waals surface area (Å²) in [6.45, 7) is 7.58. The molecule has 0 bridgehead atoms. The molecule has 2 heteroatoms. The van der Waals surface area contributed by atoms with Gasteiger partial charge in [0.05, 0.1) is 0 Å². The minimum absolute atomic E-state index is 0.939. The fourth-order valence-electron chi connectivity index (χ4n) is 1.63. The second-order valence-corrected chi connectivity index (χ2v) is 4.25. The molecule has 0 aliphatic carbocycles. The molecule has 0 fully saturated rings. The fourth-order valence-corrected chi connectivity index (χ4v) is 1.63. The van der Waals surface area contributed by atoms with Crippen molar-refractivity contribution in [2.75, 3.05) is 19.6 Å². The summed E-state index contributed by atoms with van der Waals surface area (Å²) in [5.41, 5.74) is 1.33. The van der Waals surface area contributed by atoms with Gasteiger partial charge in [-0.05, 0) is 18.5 Å². The lowest BCUT2D eigenvalue weighted by atomic mass is 10.2. The zero-order valence-corrected chi connectivity index (χ0v) is 11.5. The van der Waals surface area contributed by atoms with Gasteiger partial charge in [-0.2, -0.15) is 0 Å². The van der Waals surface area contributed by atoms with Crippen LogP contribution in [-0.2, 0) is 6.54 Å². The summed E-state index contributed by atoms with van der Waals surface area (Å²) in [5, 5.41) is 6.82. The summed E-state index contributed by atoms with van der Waals surface area (Å²) in [6.07, 6.45) is 11.0. The van der Waals surface area contributed by atoms with Crippen LogP contribution in [0.15, 0.2) is 67.3 Å². The molecule has 0 amide bonds. The summed E-state index contributed by atoms with van der Waals surface area (Å²) in [7, 11) is 0. The average Bonchev–Trinajstić information content (AvgIpc) is 2.46. The van der Waals surface area contributed by atoms with Crippen LogP contribution in [0.5, 0.6) is 0 Å². The summed E-state index contributed by atoms with van der Waals surface area (Å²) >= 11 is 0. The third-order valence-corrected chi connectivity index (χ3v) is 2.63. The first-order chi connectivity index (χ1) is 9.43. The highest BCUT2D eigenvalue weighted by atomic mass is 14.9. The molecule has 2 N–H and O–H groups in total. The Labute approximate surface area is 116 Å². The predicted octanol–water partition coefficient (Wildman–Crippen LogP) is 3.05. The van der Waals surface area contributed by atoms with Gasteiger partial charge in [-0.25, -0.2) is 0 Å². The van der Waals surface area contributed by atoms with E-state index in [0.717, 1.165) is 32.6 Å². The van der Waals surface area contributed by atoms with Gasteiger partial charge in [-0.15, -0.1) is 0 Å². The molecule has 2 nitrogen and oxygen atoms in total. The lowest BCUT2D eigenvalue weighted by Gasteiger charge is -2.05. The Balaban J connectivity index is 1.90. The molecule has 1 aromatic rings. The number of nitrogens with one attached hydrogen (secondary N) is 2. The van der Waals surface area contributed by atoms with E-state index in [1.807, 2.05) is 18.2 Å². The molecule has 0 heterocycles. The van der Waals surface area contributed by atoms with Gasteiger partial charge in [0, 0.05) is 19.6 Å². The zero-order valence-electron chi connectivity index (χ0n) is 11.5. The second-order valence-electron chi connectivity index (χ2n) is 4.25. The molecule has 1 aromatic carbocycles. The number of allylic oxidation sites excluding steroid dienone is 4. The van der Waals surface area contributed by atoms with Gasteiger partial charge in [0.15, 0.2) is 0 Å². The van der Waals surface area contributed by atoms with Gasteiger partial charge >= 0.3 is 0 Å². The molecular formula is C17H24N2. The van der Waals surface area contributed by atoms with Crippen LogP contribution >= 0.6 is 0 Å². The standard InChI is InChI=1S/C17H24N2/c1-2-3-4-5-6-10-13-18-14-15-19-16-17-11-8-7-9-12-17/h2-9,11-12,18-19H,1,10,13-16H2/b4-3-,6-5-. The molecule has 0 unspecified atom stereocenters. The first kappa shape index (κ1) is 15.4. The van der Waals surface area contributed by atoms with Gasteiger partial charge in [-0.1, -0.05) is 67.3 Å². The molecule has 0 radical (unpaired) electrons. The van der Waals surface area contributed by atoms with Gasteiger partial charge < -0.3 is 10.6 Å². The van der Waals surface area contributed by atoms with Crippen LogP contribution in [0.1, 0.15) is 12.0 Å². The smallest absolute Gasteiger partial charge is 0.0206 e. The average molecular weight is 256 g/mol. The lowest BCUT2D eigenvalue weighted by molar-refractivity contribution is 0.614. The van der Waals surface area contributed by atoms with Crippen molar-refractivity contribution in [3.05, 3.63) is 72.9 Å². The third-order valence-electron chi connectivity index (χ3n) is 2.63. The molecule has 0 aromatic heterocycles. The summed E-state index contributed by atoms with van der Waals surface area (Å²) < 4.78 is 0. The van der Waals surface area contributed by atoms with E-state index in [-0.39, 0.29) is 0 Å². The van der Waals surface area contributed by atoms with Gasteiger partial charge in [0.2, 0.25) is 0 Å². The first-order valence-electron chi connectivity index (χ1n) is 6.83. The Morgan fingerprint density at radius 1 is 0.895 bits per heavy atom. The topological polar surface area (TPSA) is 24.1 Å². The van der Waals surface area contributed by atoms with Crippen LogP contribution in [0.3, 0.4) is 0 Å². The molecule has 0 saturated heterocycles. The maximum absolute atomic E-state index is 3.62. The van der Waals surface area contributed by atoms with E-state index in [0.29, 0.717) is 0 Å². The van der Waals surface area contributed by atoms with Crippen LogP contribution in [0.2, 0.25) is 0 Å². The van der Waals surface area contributed by atoms with E-state index < -0.39 is 0 Å². The fraction of sp³-hybridized carbons (Fsp3) is 0.294. The highest BCUT2D eigenvalue weighted by Gasteiger charge is 1.90. The van der Waals surface area contributed by atoms with Crippen LogP contribution in [0.4, 0.5) is 0 Å². The Bertz CT molecular complexity index is 380. The Morgan fingerprint density at radius 2 is 1.68 bits per heavy atom. The van der Waals surface area contributed by atoms with Crippen molar-refractivity contribution in [2.24, 2.45) is 0 Å². The minimum Gasteiger partial charge on any atom is -0.315 e. The van der Waals surface area contributed by atoms with E-state index in [1.54, 1.807) is 6.08 Å². The Kier molecular flexibility index (Phi) is 9.29. The highest BCUT2D eigenvalue weighted by molar-refractivity contribution is 5.14. The van der Waals surface area contributed by atoms with Crippen molar-refractivity contribution >= 4 is 0 Å². The largest absolute Gasteiger partial charge is 0.315 e. The molecular weight excluding hydrogens is 232 g/mol. The van der Waals surface area contributed by atoms with Gasteiger partial charge in [0.25, 0.3) is 0 Å². The Hall–Kier alpha value is -1.64. The van der Waals surface area contributed by atoms with Crippen molar-refractivity contribution < 1.29 is 0 Å². The van der Waals surface area contributed by atoms with E-state index in [1.165, 1.54) is 5.56 Å². The normalized spacial score (nSPS) is 11.4. The second kappa shape index (κ2) is 11.5. The summed E-state index contributed by atoms with van der Waals surface area (Å²) in [6, 6.07) is 10.5. The Morgan fingerprint density at radius 3 is 2.47 bits per heavy atom. The van der Waals surface area contributed by atoms with E-state index in [2.05, 4.69) is 53.6 Å². The van der Waals surface area contributed by atoms with Crippen molar-refractivity contribution in [1.29, 1.82) is 0 Å². The van der Waals surface area contributed by atoms with Crippen LogP contribution < -0.4 is 10.6 Å². The number of hydrogen-bond donors (Lipinski definition) is 2. The monoisotopic (exact) mass is 256 g/mol. The maximum atomic E-state index is 3.62. The van der Waals surface area contributed by atoms with E-state index >= 15 is 0 Å². The number of benzene rings is 1. The quantitative estimate of drug-likeness (QED) is 0.496. The SMILES string of the molecule is C=C/C=C\C=C/CCNCCNCc1ccccc1. The minimum atomic E-state index is 0.939. The van der Waals surface area contributed by atoms with Crippen molar-refractivity contribution in [3.8, 4) is 0 Å². The molecule has 19 heavy (non-hydrogen) atoms. The predicted molar refractivity (Wildman–Crippen MR) is 84.1 cm³/mol. The van der Waals surface area contributed by atoms with Crippen molar-refractivity contribution in [3.63, 3.8) is 0 Å². The van der Waals surface area contributed by atoms with Gasteiger partial charge in [0.1, 0.15) is 0 Å². The first-order valence-corrected chi connectivity index (χ1v) is 6.83. The molecule has 0 atom stereocenters. The zero-order chi connectivity index (χ0) is 13.6. The molecule has 0 aliphatic rings. The summed E-state index contributed by atoms with van der Waals surface area (Å²) in [4.78, 5) is 0. The van der Waals surface area contributed by atoms with E-state index in [9.17, 15) is 0 Å². The molecule has 0 aliphatic heterocycles. The highest BCUT2D eigenvalue weighted by Crippen LogP contribution is 1.96. The molecule has 0 spiro atoms. The van der Waals surface area contributed by atoms with Crippen molar-refractivity contribution in [1.82, 2.24) is 10.6 Å². The van der Waals surface area contributed by atoms with Crippen molar-refractivity contribution in [2.45, 2.75) is 13.0 Å². The van der Waals surface area contributed by atoms with Crippen LogP contribution in [0.25, 0.3) is 0 Å². The van der Waals surface area contributed by atoms with Crippen LogP contribution in [0, 0.1) is 0 Å². The number of hydrogen-bond acceptors (Lipinski definition) is 2. The molecule has 0 saturated carbocycles. The summed E-state index contributed by atoms with van der Waals surface area (Å²) in [5.74, 6) is 0.